The predicted molar refractivity (Wildman–Crippen MR) is 112 cm³/mol. The smallest absolute Gasteiger partial charge is 0.327 e. The molecule has 4 aromatic rings. The molecule has 0 amide bonds. The van der Waals surface area contributed by atoms with Crippen molar-refractivity contribution in [3.63, 3.8) is 0 Å². The van der Waals surface area contributed by atoms with E-state index in [1.54, 1.807) is 43.7 Å². The Morgan fingerprint density at radius 2 is 1.94 bits per heavy atom. The number of benzene rings is 1. The van der Waals surface area contributed by atoms with Crippen LogP contribution in [0.5, 0.6) is 0 Å². The zero-order valence-electron chi connectivity index (χ0n) is 17.2. The van der Waals surface area contributed by atoms with E-state index in [1.807, 2.05) is 0 Å². The SMILES string of the molecule is COCc1nn2c(ncc3c(=O)n([C@H](C(=O)O)C(C)C)ccc32)c1-c1ccc(F)cc1. The molecule has 9 heteroatoms. The molecule has 4 rings (SSSR count). The molecule has 0 bridgehead atoms. The third-order valence-electron chi connectivity index (χ3n) is 5.21. The third kappa shape index (κ3) is 3.46. The average molecular weight is 424 g/mol. The van der Waals surface area contributed by atoms with Crippen molar-refractivity contribution in [3.05, 3.63) is 64.6 Å². The number of methoxy groups -OCH3 is 1. The molecule has 0 fully saturated rings. The van der Waals surface area contributed by atoms with Crippen molar-refractivity contribution in [1.29, 1.82) is 0 Å². The van der Waals surface area contributed by atoms with Crippen LogP contribution in [0.3, 0.4) is 0 Å². The summed E-state index contributed by atoms with van der Waals surface area (Å²) < 4.78 is 21.4. The number of carboxylic acid groups (broad SMARTS) is 1. The quantitative estimate of drug-likeness (QED) is 0.510. The van der Waals surface area contributed by atoms with E-state index in [1.165, 1.54) is 29.1 Å². The number of halogens is 1. The largest absolute Gasteiger partial charge is 0.480 e. The number of rotatable bonds is 6. The molecule has 8 nitrogen and oxygen atoms in total. The lowest BCUT2D eigenvalue weighted by atomic mass is 10.0. The predicted octanol–water partition coefficient (Wildman–Crippen LogP) is 3.28. The Morgan fingerprint density at radius 3 is 2.55 bits per heavy atom. The monoisotopic (exact) mass is 424 g/mol. The van der Waals surface area contributed by atoms with Gasteiger partial charge in [0.05, 0.1) is 28.8 Å². The lowest BCUT2D eigenvalue weighted by molar-refractivity contribution is -0.142. The van der Waals surface area contributed by atoms with Gasteiger partial charge in [-0.25, -0.2) is 18.7 Å². The van der Waals surface area contributed by atoms with Crippen LogP contribution in [-0.2, 0) is 16.1 Å². The fourth-order valence-electron chi connectivity index (χ4n) is 3.82. The van der Waals surface area contributed by atoms with Gasteiger partial charge in [0.2, 0.25) is 0 Å². The highest BCUT2D eigenvalue weighted by atomic mass is 19.1. The van der Waals surface area contributed by atoms with Crippen LogP contribution in [0.2, 0.25) is 0 Å². The summed E-state index contributed by atoms with van der Waals surface area (Å²) in [4.78, 5) is 29.3. The molecular weight excluding hydrogens is 403 g/mol. The second-order valence-electron chi connectivity index (χ2n) is 7.61. The molecule has 0 radical (unpaired) electrons. The van der Waals surface area contributed by atoms with Gasteiger partial charge in [-0.15, -0.1) is 0 Å². The van der Waals surface area contributed by atoms with E-state index in [2.05, 4.69) is 10.1 Å². The Hall–Kier alpha value is -3.59. The summed E-state index contributed by atoms with van der Waals surface area (Å²) in [7, 11) is 1.54. The maximum absolute atomic E-state index is 13.4. The molecule has 0 unspecified atom stereocenters. The first-order valence-corrected chi connectivity index (χ1v) is 9.72. The van der Waals surface area contributed by atoms with Crippen LogP contribution < -0.4 is 5.56 Å². The van der Waals surface area contributed by atoms with Crippen LogP contribution in [0.4, 0.5) is 4.39 Å². The van der Waals surface area contributed by atoms with Crippen molar-refractivity contribution in [1.82, 2.24) is 19.2 Å². The lowest BCUT2D eigenvalue weighted by Gasteiger charge is -2.19. The van der Waals surface area contributed by atoms with Gasteiger partial charge in [0.15, 0.2) is 5.65 Å². The van der Waals surface area contributed by atoms with Gasteiger partial charge in [-0.1, -0.05) is 26.0 Å². The molecule has 1 aromatic carbocycles. The number of fused-ring (bicyclic) bond motifs is 3. The van der Waals surface area contributed by atoms with Crippen molar-refractivity contribution in [3.8, 4) is 11.1 Å². The highest BCUT2D eigenvalue weighted by molar-refractivity contribution is 5.86. The number of carboxylic acids is 1. The van der Waals surface area contributed by atoms with Gasteiger partial charge in [0, 0.05) is 19.5 Å². The standard InChI is InChI=1S/C22H21FN4O4/c1-12(2)19(22(29)30)26-9-8-17-15(21(26)28)10-24-20-18(13-4-6-14(23)7-5-13)16(11-31-3)25-27(17)20/h4-10,12,19H,11H2,1-3H3,(H,29,30)/t19-/m0/s1. The molecule has 31 heavy (non-hydrogen) atoms. The summed E-state index contributed by atoms with van der Waals surface area (Å²) >= 11 is 0. The van der Waals surface area contributed by atoms with Gasteiger partial charge in [-0.2, -0.15) is 5.10 Å². The average Bonchev–Trinajstić information content (AvgIpc) is 3.08. The fourth-order valence-corrected chi connectivity index (χ4v) is 3.82. The normalized spacial score (nSPS) is 12.7. The van der Waals surface area contributed by atoms with Crippen molar-refractivity contribution < 1.29 is 19.0 Å². The third-order valence-corrected chi connectivity index (χ3v) is 5.21. The first kappa shape index (κ1) is 20.7. The molecule has 160 valence electrons. The van der Waals surface area contributed by atoms with E-state index in [-0.39, 0.29) is 23.7 Å². The number of aliphatic carboxylic acids is 1. The molecule has 1 N–H and O–H groups in total. The summed E-state index contributed by atoms with van der Waals surface area (Å²) in [5.41, 5.74) is 2.50. The maximum atomic E-state index is 13.4. The molecule has 0 aliphatic rings. The molecule has 1 atom stereocenters. The number of carbonyl (C=O) groups is 1. The van der Waals surface area contributed by atoms with E-state index in [9.17, 15) is 19.1 Å². The van der Waals surface area contributed by atoms with Crippen molar-refractivity contribution >= 4 is 22.5 Å². The van der Waals surface area contributed by atoms with Gasteiger partial charge in [-0.3, -0.25) is 4.79 Å². The van der Waals surface area contributed by atoms with E-state index in [0.717, 1.165) is 5.56 Å². The summed E-state index contributed by atoms with van der Waals surface area (Å²) in [5, 5.41) is 14.4. The zero-order valence-corrected chi connectivity index (χ0v) is 17.2. The molecule has 3 heterocycles. The molecule has 0 spiro atoms. The van der Waals surface area contributed by atoms with Gasteiger partial charge in [0.25, 0.3) is 5.56 Å². The summed E-state index contributed by atoms with van der Waals surface area (Å²) in [5.74, 6) is -1.72. The molecule has 0 aliphatic heterocycles. The molecule has 0 saturated carbocycles. The second-order valence-corrected chi connectivity index (χ2v) is 7.61. The van der Waals surface area contributed by atoms with Gasteiger partial charge in [-0.05, 0) is 29.7 Å². The zero-order chi connectivity index (χ0) is 22.3. The van der Waals surface area contributed by atoms with E-state index in [4.69, 9.17) is 4.74 Å². The Morgan fingerprint density at radius 1 is 1.23 bits per heavy atom. The van der Waals surface area contributed by atoms with Gasteiger partial charge in [0.1, 0.15) is 11.9 Å². The van der Waals surface area contributed by atoms with Crippen molar-refractivity contribution in [2.45, 2.75) is 26.5 Å². The molecule has 3 aromatic heterocycles. The summed E-state index contributed by atoms with van der Waals surface area (Å²) in [6.45, 7) is 3.69. The van der Waals surface area contributed by atoms with Crippen LogP contribution in [-0.4, -0.2) is 37.4 Å². The highest BCUT2D eigenvalue weighted by Crippen LogP contribution is 2.30. The van der Waals surface area contributed by atoms with Crippen molar-refractivity contribution in [2.24, 2.45) is 5.92 Å². The number of nitrogens with zero attached hydrogens (tertiary/aromatic N) is 4. The van der Waals surface area contributed by atoms with Crippen LogP contribution in [0.15, 0.2) is 47.5 Å². The molecule has 0 aliphatic carbocycles. The first-order valence-electron chi connectivity index (χ1n) is 9.72. The van der Waals surface area contributed by atoms with E-state index < -0.39 is 17.6 Å². The number of pyridine rings is 1. The van der Waals surface area contributed by atoms with E-state index >= 15 is 0 Å². The van der Waals surface area contributed by atoms with Crippen LogP contribution in [0.1, 0.15) is 25.6 Å². The van der Waals surface area contributed by atoms with Crippen LogP contribution in [0.25, 0.3) is 27.7 Å². The molecule has 0 saturated heterocycles. The maximum Gasteiger partial charge on any atom is 0.327 e. The number of aromatic nitrogens is 4. The lowest BCUT2D eigenvalue weighted by Crippen LogP contribution is -2.33. The Kier molecular flexibility index (Phi) is 5.28. The number of hydrogen-bond acceptors (Lipinski definition) is 5. The Balaban J connectivity index is 1.99. The van der Waals surface area contributed by atoms with Crippen LogP contribution in [0, 0.1) is 11.7 Å². The Labute approximate surface area is 176 Å². The first-order chi connectivity index (χ1) is 14.8. The van der Waals surface area contributed by atoms with Gasteiger partial charge >= 0.3 is 5.97 Å². The molecular formula is C22H21FN4O4. The minimum absolute atomic E-state index is 0.197. The second kappa shape index (κ2) is 7.92. The van der Waals surface area contributed by atoms with Gasteiger partial charge < -0.3 is 14.4 Å². The highest BCUT2D eigenvalue weighted by Gasteiger charge is 2.26. The fraction of sp³-hybridized carbons (Fsp3) is 0.273. The summed E-state index contributed by atoms with van der Waals surface area (Å²) in [6, 6.07) is 6.64. The number of ether oxygens (including phenoxy) is 1. The van der Waals surface area contributed by atoms with Crippen LogP contribution >= 0.6 is 0 Å². The number of hydrogen-bond donors (Lipinski definition) is 1. The summed E-state index contributed by atoms with van der Waals surface area (Å²) in [6.07, 6.45) is 2.89. The van der Waals surface area contributed by atoms with E-state index in [0.29, 0.717) is 22.4 Å². The minimum atomic E-state index is -1.08. The minimum Gasteiger partial charge on any atom is -0.480 e. The Bertz CT molecular complexity index is 1340. The topological polar surface area (TPSA) is 98.7 Å². The van der Waals surface area contributed by atoms with Crippen molar-refractivity contribution in [2.75, 3.05) is 7.11 Å².